The molecule has 1 fully saturated rings. The van der Waals surface area contributed by atoms with Crippen LogP contribution in [0.5, 0.6) is 0 Å². The molecule has 0 bridgehead atoms. The van der Waals surface area contributed by atoms with Gasteiger partial charge in [0.15, 0.2) is 0 Å². The maximum atomic E-state index is 5.95. The molecule has 0 amide bonds. The zero-order valence-electron chi connectivity index (χ0n) is 12.8. The minimum absolute atomic E-state index is 0.458. The highest BCUT2D eigenvalue weighted by molar-refractivity contribution is 7.80. The van der Waals surface area contributed by atoms with Crippen molar-refractivity contribution in [2.75, 3.05) is 11.4 Å². The first-order valence-corrected chi connectivity index (χ1v) is 8.00. The molecular formula is C16H25N3S. The molecule has 1 aliphatic carbocycles. The molecule has 1 saturated carbocycles. The van der Waals surface area contributed by atoms with Gasteiger partial charge in [0.25, 0.3) is 0 Å². The van der Waals surface area contributed by atoms with Gasteiger partial charge in [-0.25, -0.2) is 4.98 Å². The SMILES string of the molecule is CCN(c1nc(C)cc(C)c1C(N)=S)C1CCCCC1. The molecule has 0 saturated heterocycles. The van der Waals surface area contributed by atoms with Crippen molar-refractivity contribution in [1.82, 2.24) is 4.98 Å². The first kappa shape index (κ1) is 15.2. The van der Waals surface area contributed by atoms with E-state index in [1.807, 2.05) is 6.92 Å². The molecular weight excluding hydrogens is 266 g/mol. The molecule has 4 heteroatoms. The molecule has 110 valence electrons. The summed E-state index contributed by atoms with van der Waals surface area (Å²) in [5, 5.41) is 0. The van der Waals surface area contributed by atoms with Crippen LogP contribution < -0.4 is 10.6 Å². The van der Waals surface area contributed by atoms with Crippen LogP contribution in [0.4, 0.5) is 5.82 Å². The third-order valence-electron chi connectivity index (χ3n) is 4.20. The summed E-state index contributed by atoms with van der Waals surface area (Å²) in [7, 11) is 0. The molecule has 0 aromatic carbocycles. The molecule has 0 spiro atoms. The number of pyridine rings is 1. The van der Waals surface area contributed by atoms with Crippen LogP contribution in [-0.4, -0.2) is 22.6 Å². The number of thiocarbonyl (C=S) groups is 1. The fourth-order valence-corrected chi connectivity index (χ4v) is 3.56. The first-order chi connectivity index (χ1) is 9.54. The molecule has 1 aromatic heterocycles. The van der Waals surface area contributed by atoms with E-state index in [1.54, 1.807) is 0 Å². The van der Waals surface area contributed by atoms with Crippen molar-refractivity contribution in [3.8, 4) is 0 Å². The lowest BCUT2D eigenvalue weighted by Gasteiger charge is -2.36. The second-order valence-corrected chi connectivity index (χ2v) is 6.16. The van der Waals surface area contributed by atoms with Crippen LogP contribution in [-0.2, 0) is 0 Å². The molecule has 2 N–H and O–H groups in total. The van der Waals surface area contributed by atoms with Gasteiger partial charge in [-0.2, -0.15) is 0 Å². The highest BCUT2D eigenvalue weighted by Crippen LogP contribution is 2.30. The van der Waals surface area contributed by atoms with E-state index in [2.05, 4.69) is 24.8 Å². The minimum Gasteiger partial charge on any atom is -0.389 e. The van der Waals surface area contributed by atoms with Gasteiger partial charge in [-0.05, 0) is 45.2 Å². The lowest BCUT2D eigenvalue weighted by atomic mass is 9.93. The van der Waals surface area contributed by atoms with Gasteiger partial charge in [0.1, 0.15) is 10.8 Å². The Morgan fingerprint density at radius 3 is 2.55 bits per heavy atom. The van der Waals surface area contributed by atoms with Crippen molar-refractivity contribution in [2.24, 2.45) is 5.73 Å². The van der Waals surface area contributed by atoms with Crippen LogP contribution in [0.1, 0.15) is 55.8 Å². The lowest BCUT2D eigenvalue weighted by Crippen LogP contribution is -2.39. The number of hydrogen-bond donors (Lipinski definition) is 1. The van der Waals surface area contributed by atoms with Crippen molar-refractivity contribution in [3.63, 3.8) is 0 Å². The van der Waals surface area contributed by atoms with Gasteiger partial charge in [-0.1, -0.05) is 31.5 Å². The summed E-state index contributed by atoms with van der Waals surface area (Å²) in [6.45, 7) is 7.25. The first-order valence-electron chi connectivity index (χ1n) is 7.59. The van der Waals surface area contributed by atoms with Crippen LogP contribution in [0.3, 0.4) is 0 Å². The van der Waals surface area contributed by atoms with Crippen LogP contribution in [0.2, 0.25) is 0 Å². The third kappa shape index (κ3) is 3.11. The van der Waals surface area contributed by atoms with Crippen LogP contribution in [0, 0.1) is 13.8 Å². The van der Waals surface area contributed by atoms with Crippen LogP contribution in [0.25, 0.3) is 0 Å². The number of aromatic nitrogens is 1. The fourth-order valence-electron chi connectivity index (χ4n) is 3.30. The second-order valence-electron chi connectivity index (χ2n) is 5.72. The van der Waals surface area contributed by atoms with Crippen molar-refractivity contribution in [1.29, 1.82) is 0 Å². The van der Waals surface area contributed by atoms with Crippen molar-refractivity contribution in [2.45, 2.75) is 58.9 Å². The smallest absolute Gasteiger partial charge is 0.139 e. The van der Waals surface area contributed by atoms with Gasteiger partial charge in [-0.15, -0.1) is 0 Å². The number of rotatable bonds is 4. The minimum atomic E-state index is 0.458. The molecule has 3 nitrogen and oxygen atoms in total. The summed E-state index contributed by atoms with van der Waals surface area (Å²) in [5.41, 5.74) is 9.08. The number of anilines is 1. The largest absolute Gasteiger partial charge is 0.389 e. The zero-order chi connectivity index (χ0) is 14.7. The summed E-state index contributed by atoms with van der Waals surface area (Å²) in [6.07, 6.45) is 6.48. The molecule has 1 heterocycles. The molecule has 1 aliphatic rings. The van der Waals surface area contributed by atoms with Gasteiger partial charge in [0, 0.05) is 18.3 Å². The van der Waals surface area contributed by atoms with E-state index in [1.165, 1.54) is 32.1 Å². The van der Waals surface area contributed by atoms with Crippen molar-refractivity contribution >= 4 is 23.0 Å². The van der Waals surface area contributed by atoms with E-state index < -0.39 is 0 Å². The van der Waals surface area contributed by atoms with E-state index in [0.717, 1.165) is 29.2 Å². The molecule has 0 atom stereocenters. The lowest BCUT2D eigenvalue weighted by molar-refractivity contribution is 0.416. The Hall–Kier alpha value is -1.16. The number of nitrogens with two attached hydrogens (primary N) is 1. The van der Waals surface area contributed by atoms with Gasteiger partial charge in [0.05, 0.1) is 5.56 Å². The predicted octanol–water partition coefficient (Wildman–Crippen LogP) is 3.49. The maximum Gasteiger partial charge on any atom is 0.139 e. The number of hydrogen-bond acceptors (Lipinski definition) is 3. The quantitative estimate of drug-likeness (QED) is 0.862. The Morgan fingerprint density at radius 2 is 2.00 bits per heavy atom. The summed E-state index contributed by atoms with van der Waals surface area (Å²) < 4.78 is 0. The molecule has 20 heavy (non-hydrogen) atoms. The third-order valence-corrected chi connectivity index (χ3v) is 4.40. The van der Waals surface area contributed by atoms with Gasteiger partial charge in [0.2, 0.25) is 0 Å². The average molecular weight is 291 g/mol. The van der Waals surface area contributed by atoms with Gasteiger partial charge in [-0.3, -0.25) is 0 Å². The maximum absolute atomic E-state index is 5.95. The van der Waals surface area contributed by atoms with E-state index in [9.17, 15) is 0 Å². The molecule has 2 rings (SSSR count). The molecule has 1 aromatic rings. The van der Waals surface area contributed by atoms with E-state index in [0.29, 0.717) is 11.0 Å². The molecule has 0 unspecified atom stereocenters. The monoisotopic (exact) mass is 291 g/mol. The Bertz CT molecular complexity index is 493. The van der Waals surface area contributed by atoms with E-state index >= 15 is 0 Å². The standard InChI is InChI=1S/C16H25N3S/c1-4-19(13-8-6-5-7-9-13)16-14(15(17)20)11(2)10-12(3)18-16/h10,13H,4-9H2,1-3H3,(H2,17,20). The summed E-state index contributed by atoms with van der Waals surface area (Å²) >= 11 is 5.26. The molecule has 0 aliphatic heterocycles. The van der Waals surface area contributed by atoms with Crippen LogP contribution in [0.15, 0.2) is 6.07 Å². The predicted molar refractivity (Wildman–Crippen MR) is 89.5 cm³/mol. The number of nitrogens with zero attached hydrogens (tertiary/aromatic N) is 2. The Morgan fingerprint density at radius 1 is 1.35 bits per heavy atom. The second kappa shape index (κ2) is 6.53. The summed E-state index contributed by atoms with van der Waals surface area (Å²) in [5.74, 6) is 0.990. The highest BCUT2D eigenvalue weighted by Gasteiger charge is 2.24. The Labute approximate surface area is 127 Å². The topological polar surface area (TPSA) is 42.2 Å². The van der Waals surface area contributed by atoms with E-state index in [4.69, 9.17) is 22.9 Å². The summed E-state index contributed by atoms with van der Waals surface area (Å²) in [6, 6.07) is 2.64. The fraction of sp³-hybridized carbons (Fsp3) is 0.625. The van der Waals surface area contributed by atoms with Crippen molar-refractivity contribution in [3.05, 3.63) is 22.9 Å². The Kier molecular flexibility index (Phi) is 4.97. The molecule has 0 radical (unpaired) electrons. The Balaban J connectivity index is 2.44. The highest BCUT2D eigenvalue weighted by atomic mass is 32.1. The zero-order valence-corrected chi connectivity index (χ0v) is 13.6. The van der Waals surface area contributed by atoms with E-state index in [-0.39, 0.29) is 0 Å². The van der Waals surface area contributed by atoms with Gasteiger partial charge >= 0.3 is 0 Å². The number of aryl methyl sites for hydroxylation is 2. The summed E-state index contributed by atoms with van der Waals surface area (Å²) in [4.78, 5) is 7.63. The van der Waals surface area contributed by atoms with Crippen LogP contribution >= 0.6 is 12.2 Å². The van der Waals surface area contributed by atoms with Crippen molar-refractivity contribution < 1.29 is 0 Å². The average Bonchev–Trinajstić information content (AvgIpc) is 2.39. The van der Waals surface area contributed by atoms with Gasteiger partial charge < -0.3 is 10.6 Å². The normalized spacial score (nSPS) is 16.1.